The van der Waals surface area contributed by atoms with Crippen molar-refractivity contribution in [2.24, 2.45) is 0 Å². The van der Waals surface area contributed by atoms with Gasteiger partial charge in [-0.3, -0.25) is 4.79 Å². The topological polar surface area (TPSA) is 17.1 Å². The first-order valence-corrected chi connectivity index (χ1v) is 9.51. The number of hydrogen-bond acceptors (Lipinski definition) is 1. The molecule has 0 radical (unpaired) electrons. The van der Waals surface area contributed by atoms with E-state index in [2.05, 4.69) is 48.5 Å². The summed E-state index contributed by atoms with van der Waals surface area (Å²) in [6.45, 7) is 0. The lowest BCUT2D eigenvalue weighted by atomic mass is 9.95. The quantitative estimate of drug-likeness (QED) is 0.376. The fourth-order valence-corrected chi connectivity index (χ4v) is 5.63. The molecule has 0 spiro atoms. The van der Waals surface area contributed by atoms with Crippen molar-refractivity contribution in [1.29, 1.82) is 0 Å². The monoisotopic (exact) mass is 332 g/mol. The Morgan fingerprint density at radius 3 is 1.15 bits per heavy atom. The van der Waals surface area contributed by atoms with Gasteiger partial charge in [0.1, 0.15) is 0 Å². The minimum atomic E-state index is 0.191. The van der Waals surface area contributed by atoms with Crippen LogP contribution in [0.4, 0.5) is 0 Å². The Morgan fingerprint density at radius 2 is 0.769 bits per heavy atom. The van der Waals surface area contributed by atoms with Crippen molar-refractivity contribution in [2.75, 3.05) is 0 Å². The van der Waals surface area contributed by atoms with Gasteiger partial charge in [-0.2, -0.15) is 0 Å². The van der Waals surface area contributed by atoms with E-state index in [1.54, 1.807) is 0 Å². The van der Waals surface area contributed by atoms with Crippen LogP contribution in [0.15, 0.2) is 53.3 Å². The Balaban J connectivity index is 1.96. The molecule has 0 aliphatic heterocycles. The predicted molar refractivity (Wildman–Crippen MR) is 109 cm³/mol. The van der Waals surface area contributed by atoms with E-state index in [0.717, 1.165) is 36.5 Å². The number of hydrogen-bond donors (Lipinski definition) is 0. The molecule has 0 heterocycles. The van der Waals surface area contributed by atoms with E-state index in [9.17, 15) is 4.79 Å². The molecule has 0 saturated heterocycles. The average molecular weight is 332 g/mol. The smallest absolute Gasteiger partial charge is 0.194 e. The maximum Gasteiger partial charge on any atom is 0.194 e. The van der Waals surface area contributed by atoms with Gasteiger partial charge in [-0.15, -0.1) is 0 Å². The van der Waals surface area contributed by atoms with Crippen molar-refractivity contribution in [3.63, 3.8) is 0 Å². The van der Waals surface area contributed by atoms with Crippen LogP contribution < -0.4 is 5.43 Å². The maximum absolute atomic E-state index is 13.6. The van der Waals surface area contributed by atoms with Gasteiger partial charge in [0.25, 0.3) is 0 Å². The molecule has 0 atom stereocenters. The van der Waals surface area contributed by atoms with Gasteiger partial charge in [0.05, 0.1) is 0 Å². The van der Waals surface area contributed by atoms with Gasteiger partial charge in [0, 0.05) is 21.5 Å². The summed E-state index contributed by atoms with van der Waals surface area (Å²) in [5.74, 6) is 0. The Kier molecular flexibility index (Phi) is 2.17. The molecule has 7 rings (SSSR count). The molecule has 26 heavy (non-hydrogen) atoms. The SMILES string of the molecule is O=c1c2ccc3c4c(ccc(c5ccc6c7c(ccc1c75)CC6)c42)CC3. The van der Waals surface area contributed by atoms with Crippen molar-refractivity contribution in [3.8, 4) is 0 Å². The molecule has 0 unspecified atom stereocenters. The van der Waals surface area contributed by atoms with Gasteiger partial charge in [-0.25, -0.2) is 0 Å². The first-order valence-electron chi connectivity index (χ1n) is 9.51. The summed E-state index contributed by atoms with van der Waals surface area (Å²) in [6, 6.07) is 17.6. The molecule has 0 N–H and O–H groups in total. The van der Waals surface area contributed by atoms with Crippen LogP contribution in [0.1, 0.15) is 22.3 Å². The van der Waals surface area contributed by atoms with Gasteiger partial charge in [-0.1, -0.05) is 48.5 Å². The molecule has 0 saturated carbocycles. The molecule has 5 aromatic carbocycles. The Morgan fingerprint density at radius 1 is 0.423 bits per heavy atom. The minimum Gasteiger partial charge on any atom is -0.289 e. The lowest BCUT2D eigenvalue weighted by Crippen LogP contribution is -1.99. The zero-order chi connectivity index (χ0) is 17.0. The summed E-state index contributed by atoms with van der Waals surface area (Å²) in [7, 11) is 0. The van der Waals surface area contributed by atoms with E-state index in [1.807, 2.05) is 0 Å². The normalized spacial score (nSPS) is 15.2. The highest BCUT2D eigenvalue weighted by Crippen LogP contribution is 2.42. The number of fused-ring (bicyclic) bond motifs is 1. The molecular weight excluding hydrogens is 316 g/mol. The number of aryl methyl sites for hydroxylation is 4. The van der Waals surface area contributed by atoms with E-state index in [-0.39, 0.29) is 5.43 Å². The average Bonchev–Trinajstić information content (AvgIpc) is 3.27. The predicted octanol–water partition coefficient (Wildman–Crippen LogP) is 5.29. The highest BCUT2D eigenvalue weighted by Gasteiger charge is 2.22. The molecule has 1 heteroatoms. The van der Waals surface area contributed by atoms with Crippen LogP contribution in [0, 0.1) is 0 Å². The molecule has 0 bridgehead atoms. The third-order valence-corrected chi connectivity index (χ3v) is 6.77. The third-order valence-electron chi connectivity index (χ3n) is 6.77. The van der Waals surface area contributed by atoms with Gasteiger partial charge in [-0.05, 0) is 69.5 Å². The number of benzene rings is 4. The summed E-state index contributed by atoms with van der Waals surface area (Å²) in [4.78, 5) is 13.6. The molecule has 2 aliphatic rings. The van der Waals surface area contributed by atoms with E-state index < -0.39 is 0 Å². The van der Waals surface area contributed by atoms with Crippen molar-refractivity contribution in [3.05, 3.63) is 81.0 Å². The highest BCUT2D eigenvalue weighted by molar-refractivity contribution is 6.27. The van der Waals surface area contributed by atoms with Crippen LogP contribution in [-0.2, 0) is 25.7 Å². The van der Waals surface area contributed by atoms with Crippen LogP contribution >= 0.6 is 0 Å². The van der Waals surface area contributed by atoms with Gasteiger partial charge < -0.3 is 0 Å². The molecule has 0 aromatic heterocycles. The summed E-state index contributed by atoms with van der Waals surface area (Å²) >= 11 is 0. The molecule has 5 aromatic rings. The maximum atomic E-state index is 13.6. The second-order valence-corrected chi connectivity index (χ2v) is 7.92. The van der Waals surface area contributed by atoms with E-state index in [0.29, 0.717) is 0 Å². The van der Waals surface area contributed by atoms with Gasteiger partial charge in [0.15, 0.2) is 5.43 Å². The van der Waals surface area contributed by atoms with Gasteiger partial charge in [0.2, 0.25) is 0 Å². The van der Waals surface area contributed by atoms with Crippen molar-refractivity contribution < 1.29 is 0 Å². The zero-order valence-electron chi connectivity index (χ0n) is 14.4. The van der Waals surface area contributed by atoms with Crippen LogP contribution in [0.2, 0.25) is 0 Å². The molecule has 0 fully saturated rings. The van der Waals surface area contributed by atoms with Crippen LogP contribution in [0.3, 0.4) is 0 Å². The fraction of sp³-hybridized carbons (Fsp3) is 0.160. The summed E-state index contributed by atoms with van der Waals surface area (Å²) < 4.78 is 0. The minimum absolute atomic E-state index is 0.191. The third kappa shape index (κ3) is 1.36. The van der Waals surface area contributed by atoms with Crippen molar-refractivity contribution in [2.45, 2.75) is 25.7 Å². The zero-order valence-corrected chi connectivity index (χ0v) is 14.4. The second-order valence-electron chi connectivity index (χ2n) is 7.92. The number of rotatable bonds is 0. The van der Waals surface area contributed by atoms with Crippen LogP contribution in [0.5, 0.6) is 0 Å². The molecule has 2 aliphatic carbocycles. The Bertz CT molecular complexity index is 1360. The Labute approximate surface area is 150 Å². The molecule has 1 nitrogen and oxygen atoms in total. The standard InChI is InChI=1S/C25H16O/c26-25-19-11-7-15-3-1-13-5-9-17(23(19)21(13)15)18-10-6-14-2-4-16-8-12-20(25)24(18)22(14)16/h5-12H,1-4H2. The largest absolute Gasteiger partial charge is 0.289 e. The summed E-state index contributed by atoms with van der Waals surface area (Å²) in [5.41, 5.74) is 5.79. The summed E-state index contributed by atoms with van der Waals surface area (Å²) in [6.07, 6.45) is 4.37. The lowest BCUT2D eigenvalue weighted by Gasteiger charge is -2.08. The molecule has 122 valence electrons. The highest BCUT2D eigenvalue weighted by atomic mass is 16.1. The Hall–Kier alpha value is -2.93. The first-order chi connectivity index (χ1) is 12.8. The lowest BCUT2D eigenvalue weighted by molar-refractivity contribution is 1.02. The molecule has 0 amide bonds. The first kappa shape index (κ1) is 13.3. The van der Waals surface area contributed by atoms with Crippen LogP contribution in [0.25, 0.3) is 43.1 Å². The van der Waals surface area contributed by atoms with Crippen molar-refractivity contribution >= 4 is 43.1 Å². The van der Waals surface area contributed by atoms with Crippen molar-refractivity contribution in [1.82, 2.24) is 0 Å². The van der Waals surface area contributed by atoms with E-state index in [1.165, 1.54) is 54.6 Å². The van der Waals surface area contributed by atoms with E-state index in [4.69, 9.17) is 0 Å². The fourth-order valence-electron chi connectivity index (χ4n) is 5.63. The van der Waals surface area contributed by atoms with E-state index >= 15 is 0 Å². The summed E-state index contributed by atoms with van der Waals surface area (Å²) in [5, 5.41) is 9.31. The molecular formula is C25H16O. The van der Waals surface area contributed by atoms with Gasteiger partial charge >= 0.3 is 0 Å². The second kappa shape index (κ2) is 4.24. The van der Waals surface area contributed by atoms with Crippen LogP contribution in [-0.4, -0.2) is 0 Å².